The molecule has 1 aromatic carbocycles. The Morgan fingerprint density at radius 3 is 2.44 bits per heavy atom. The number of esters is 1. The van der Waals surface area contributed by atoms with Gasteiger partial charge in [0.15, 0.2) is 0 Å². The van der Waals surface area contributed by atoms with Gasteiger partial charge in [-0.2, -0.15) is 0 Å². The molecule has 0 aliphatic carbocycles. The Labute approximate surface area is 150 Å². The van der Waals surface area contributed by atoms with Crippen LogP contribution in [0.1, 0.15) is 29.8 Å². The molecule has 0 saturated carbocycles. The molecule has 1 aromatic heterocycles. The highest BCUT2D eigenvalue weighted by molar-refractivity contribution is 7.10. The monoisotopic (exact) mass is 360 g/mol. The second kappa shape index (κ2) is 8.98. The van der Waals surface area contributed by atoms with Gasteiger partial charge in [0.25, 0.3) is 0 Å². The summed E-state index contributed by atoms with van der Waals surface area (Å²) in [4.78, 5) is 35.8. The standard InChI is InChI=1S/C18H20N2O4S/c1-12(21)19-14-7-5-13(6-8-14)10-17(22)20-15(11-18(23)24-2)16-4-3-9-25-16/h3-9,15H,10-11H2,1-2H3,(H,19,21)(H,20,22). The van der Waals surface area contributed by atoms with Crippen molar-refractivity contribution in [2.45, 2.75) is 25.8 Å². The fourth-order valence-electron chi connectivity index (χ4n) is 2.30. The molecule has 6 nitrogen and oxygen atoms in total. The summed E-state index contributed by atoms with van der Waals surface area (Å²) < 4.78 is 4.70. The third-order valence-electron chi connectivity index (χ3n) is 3.46. The fraction of sp³-hybridized carbons (Fsp3) is 0.278. The molecule has 25 heavy (non-hydrogen) atoms. The first-order valence-corrected chi connectivity index (χ1v) is 8.62. The number of hydrogen-bond acceptors (Lipinski definition) is 5. The van der Waals surface area contributed by atoms with E-state index in [9.17, 15) is 14.4 Å². The summed E-state index contributed by atoms with van der Waals surface area (Å²) in [5.74, 6) is -0.708. The maximum atomic E-state index is 12.3. The van der Waals surface area contributed by atoms with E-state index < -0.39 is 6.04 Å². The highest BCUT2D eigenvalue weighted by atomic mass is 32.1. The minimum atomic E-state index is -0.404. The van der Waals surface area contributed by atoms with Gasteiger partial charge in [0.1, 0.15) is 0 Å². The van der Waals surface area contributed by atoms with Crippen LogP contribution in [-0.4, -0.2) is 24.9 Å². The van der Waals surface area contributed by atoms with Crippen molar-refractivity contribution in [2.75, 3.05) is 12.4 Å². The number of carbonyl (C=O) groups is 3. The van der Waals surface area contributed by atoms with Gasteiger partial charge in [0, 0.05) is 17.5 Å². The van der Waals surface area contributed by atoms with Crippen molar-refractivity contribution in [1.82, 2.24) is 5.32 Å². The van der Waals surface area contributed by atoms with E-state index in [-0.39, 0.29) is 30.6 Å². The Morgan fingerprint density at radius 1 is 1.16 bits per heavy atom. The second-order valence-electron chi connectivity index (χ2n) is 5.47. The third kappa shape index (κ3) is 6.04. The Bertz CT molecular complexity index is 726. The van der Waals surface area contributed by atoms with Crippen LogP contribution in [0.25, 0.3) is 0 Å². The minimum Gasteiger partial charge on any atom is -0.469 e. The average molecular weight is 360 g/mol. The molecule has 7 heteroatoms. The zero-order valence-corrected chi connectivity index (χ0v) is 14.9. The highest BCUT2D eigenvalue weighted by Gasteiger charge is 2.19. The zero-order chi connectivity index (χ0) is 18.2. The topological polar surface area (TPSA) is 84.5 Å². The van der Waals surface area contributed by atoms with Crippen LogP contribution in [0, 0.1) is 0 Å². The molecule has 0 saturated heterocycles. The van der Waals surface area contributed by atoms with Gasteiger partial charge in [-0.25, -0.2) is 0 Å². The summed E-state index contributed by atoms with van der Waals surface area (Å²) in [5, 5.41) is 7.45. The summed E-state index contributed by atoms with van der Waals surface area (Å²) in [7, 11) is 1.33. The molecule has 2 N–H and O–H groups in total. The van der Waals surface area contributed by atoms with Crippen LogP contribution in [0.2, 0.25) is 0 Å². The molecule has 132 valence electrons. The number of methoxy groups -OCH3 is 1. The number of nitrogens with one attached hydrogen (secondary N) is 2. The van der Waals surface area contributed by atoms with E-state index in [4.69, 9.17) is 4.74 Å². The van der Waals surface area contributed by atoms with Gasteiger partial charge in [-0.1, -0.05) is 18.2 Å². The summed E-state index contributed by atoms with van der Waals surface area (Å²) in [6, 6.07) is 10.4. The van der Waals surface area contributed by atoms with Crippen LogP contribution in [0.15, 0.2) is 41.8 Å². The number of rotatable bonds is 7. The van der Waals surface area contributed by atoms with Crippen molar-refractivity contribution in [1.29, 1.82) is 0 Å². The van der Waals surface area contributed by atoms with Crippen molar-refractivity contribution < 1.29 is 19.1 Å². The van der Waals surface area contributed by atoms with Crippen LogP contribution in [0.5, 0.6) is 0 Å². The normalized spacial score (nSPS) is 11.4. The third-order valence-corrected chi connectivity index (χ3v) is 4.45. The van der Waals surface area contributed by atoms with Crippen LogP contribution in [0.4, 0.5) is 5.69 Å². The number of anilines is 1. The van der Waals surface area contributed by atoms with Crippen LogP contribution < -0.4 is 10.6 Å². The quantitative estimate of drug-likeness (QED) is 0.744. The first-order valence-electron chi connectivity index (χ1n) is 7.74. The summed E-state index contributed by atoms with van der Waals surface area (Å²) >= 11 is 1.48. The average Bonchev–Trinajstić information content (AvgIpc) is 3.10. The van der Waals surface area contributed by atoms with E-state index in [1.54, 1.807) is 24.3 Å². The van der Waals surface area contributed by atoms with Gasteiger partial charge < -0.3 is 15.4 Å². The minimum absolute atomic E-state index is 0.0875. The highest BCUT2D eigenvalue weighted by Crippen LogP contribution is 2.22. The van der Waals surface area contributed by atoms with E-state index in [0.29, 0.717) is 5.69 Å². The molecule has 2 amide bonds. The molecule has 0 aliphatic heterocycles. The summed E-state index contributed by atoms with van der Waals surface area (Å²) in [6.07, 6.45) is 0.271. The molecule has 0 aliphatic rings. The number of amides is 2. The summed E-state index contributed by atoms with van der Waals surface area (Å²) in [6.45, 7) is 1.44. The van der Waals surface area contributed by atoms with Crippen molar-refractivity contribution in [2.24, 2.45) is 0 Å². The molecule has 1 heterocycles. The van der Waals surface area contributed by atoms with E-state index in [0.717, 1.165) is 10.4 Å². The first kappa shape index (κ1) is 18.7. The predicted molar refractivity (Wildman–Crippen MR) is 96.3 cm³/mol. The molecule has 0 spiro atoms. The van der Waals surface area contributed by atoms with Gasteiger partial charge in [0.05, 0.1) is 26.0 Å². The van der Waals surface area contributed by atoms with Gasteiger partial charge in [0.2, 0.25) is 11.8 Å². The lowest BCUT2D eigenvalue weighted by atomic mass is 10.1. The number of benzene rings is 1. The molecule has 2 aromatic rings. The molecule has 0 radical (unpaired) electrons. The summed E-state index contributed by atoms with van der Waals surface area (Å²) in [5.41, 5.74) is 1.49. The first-order chi connectivity index (χ1) is 12.0. The van der Waals surface area contributed by atoms with Gasteiger partial charge in [-0.05, 0) is 29.1 Å². The smallest absolute Gasteiger partial charge is 0.307 e. The molecular weight excluding hydrogens is 340 g/mol. The lowest BCUT2D eigenvalue weighted by Crippen LogP contribution is -2.31. The van der Waals surface area contributed by atoms with Crippen LogP contribution >= 0.6 is 11.3 Å². The van der Waals surface area contributed by atoms with Crippen molar-refractivity contribution >= 4 is 34.8 Å². The van der Waals surface area contributed by atoms with E-state index in [2.05, 4.69) is 10.6 Å². The maximum Gasteiger partial charge on any atom is 0.307 e. The van der Waals surface area contributed by atoms with Gasteiger partial charge in [-0.15, -0.1) is 11.3 Å². The van der Waals surface area contributed by atoms with Gasteiger partial charge in [-0.3, -0.25) is 14.4 Å². The SMILES string of the molecule is COC(=O)CC(NC(=O)Cc1ccc(NC(C)=O)cc1)c1cccs1. The predicted octanol–water partition coefficient (Wildman–Crippen LogP) is 2.67. The molecule has 1 unspecified atom stereocenters. The molecular formula is C18H20N2O4S. The number of carbonyl (C=O) groups excluding carboxylic acids is 3. The fourth-order valence-corrected chi connectivity index (χ4v) is 3.08. The second-order valence-corrected chi connectivity index (χ2v) is 6.45. The number of thiophene rings is 1. The Morgan fingerprint density at radius 2 is 1.88 bits per heavy atom. The Kier molecular flexibility index (Phi) is 6.71. The molecule has 2 rings (SSSR count). The van der Waals surface area contributed by atoms with Crippen LogP contribution in [-0.2, 0) is 25.5 Å². The van der Waals surface area contributed by atoms with E-state index >= 15 is 0 Å². The van der Waals surface area contributed by atoms with E-state index in [1.165, 1.54) is 25.4 Å². The largest absolute Gasteiger partial charge is 0.469 e. The maximum absolute atomic E-state index is 12.3. The van der Waals surface area contributed by atoms with E-state index in [1.807, 2.05) is 17.5 Å². The van der Waals surface area contributed by atoms with Crippen molar-refractivity contribution in [3.8, 4) is 0 Å². The van der Waals surface area contributed by atoms with Crippen molar-refractivity contribution in [3.05, 3.63) is 52.2 Å². The van der Waals surface area contributed by atoms with Crippen LogP contribution in [0.3, 0.4) is 0 Å². The Balaban J connectivity index is 1.98. The molecule has 0 fully saturated rings. The number of hydrogen-bond donors (Lipinski definition) is 2. The Hall–Kier alpha value is -2.67. The molecule has 1 atom stereocenters. The van der Waals surface area contributed by atoms with Crippen molar-refractivity contribution in [3.63, 3.8) is 0 Å². The zero-order valence-electron chi connectivity index (χ0n) is 14.1. The van der Waals surface area contributed by atoms with Gasteiger partial charge >= 0.3 is 5.97 Å². The lowest BCUT2D eigenvalue weighted by Gasteiger charge is -2.16. The molecule has 0 bridgehead atoms. The number of ether oxygens (including phenoxy) is 1. The lowest BCUT2D eigenvalue weighted by molar-refractivity contribution is -0.141.